The van der Waals surface area contributed by atoms with Crippen LogP contribution < -0.4 is 0 Å². The second kappa shape index (κ2) is 15.2. The van der Waals surface area contributed by atoms with Crippen molar-refractivity contribution in [1.29, 1.82) is 0 Å². The van der Waals surface area contributed by atoms with Crippen molar-refractivity contribution in [3.8, 4) is 0 Å². The summed E-state index contributed by atoms with van der Waals surface area (Å²) < 4.78 is 44.6. The highest BCUT2D eigenvalue weighted by Crippen LogP contribution is 2.37. The largest absolute Gasteiger partial charge is 0.435 e. The highest BCUT2D eigenvalue weighted by atomic mass is 16.8. The minimum atomic E-state index is -1.50. The second-order valence-electron chi connectivity index (χ2n) is 9.78. The molecule has 0 amide bonds. The third-order valence-electron chi connectivity index (χ3n) is 7.53. The second-order valence-corrected chi connectivity index (χ2v) is 9.78. The third kappa shape index (κ3) is 7.00. The molecule has 3 heterocycles. The first-order chi connectivity index (χ1) is 19.7. The molecule has 6 unspecified atom stereocenters. The number of aliphatic hydroxyl groups excluding tert-OH is 4. The summed E-state index contributed by atoms with van der Waals surface area (Å²) in [4.78, 5) is 16.9. The Bertz CT molecular complexity index is 955. The molecule has 0 spiro atoms. The number of aliphatic hydroxyl groups is 4. The van der Waals surface area contributed by atoms with E-state index in [9.17, 15) is 25.2 Å². The van der Waals surface area contributed by atoms with E-state index in [0.717, 1.165) is 0 Å². The van der Waals surface area contributed by atoms with E-state index in [4.69, 9.17) is 49.0 Å². The molecule has 0 radical (unpaired) electrons. The van der Waals surface area contributed by atoms with E-state index < -0.39 is 105 Å². The van der Waals surface area contributed by atoms with Gasteiger partial charge in [0.05, 0.1) is 31.5 Å². The smallest absolute Gasteiger partial charge is 0.295 e. The number of hydrogen-bond acceptors (Lipinski definition) is 15. The van der Waals surface area contributed by atoms with Gasteiger partial charge < -0.3 is 58.3 Å². The van der Waals surface area contributed by atoms with Gasteiger partial charge in [-0.3, -0.25) is 4.79 Å². The lowest BCUT2D eigenvalue weighted by atomic mass is 9.88. The maximum absolute atomic E-state index is 11.4. The molecular formula is C22H36N6O13. The quantitative estimate of drug-likeness (QED) is 0.0923. The van der Waals surface area contributed by atoms with E-state index in [1.165, 1.54) is 21.1 Å². The molecule has 232 valence electrons. The highest BCUT2D eigenvalue weighted by Gasteiger charge is 2.53. The average molecular weight is 593 g/mol. The molecule has 3 fully saturated rings. The van der Waals surface area contributed by atoms with E-state index >= 15 is 0 Å². The number of hydrogen-bond donors (Lipinski definition) is 4. The van der Waals surface area contributed by atoms with Crippen molar-refractivity contribution in [2.45, 2.75) is 93.8 Å². The minimum absolute atomic E-state index is 0.0885. The molecule has 0 aliphatic carbocycles. The van der Waals surface area contributed by atoms with Crippen molar-refractivity contribution in [2.75, 3.05) is 27.4 Å². The molecule has 19 nitrogen and oxygen atoms in total. The number of methoxy groups -OCH3 is 2. The molecule has 0 aromatic heterocycles. The SMILES string of the molecule is CO[C@H]1OC(CO)[C@@H](O[C@@H]2OC(OC=O)[C@@H](O[C@H]3OC(CO)[C@@H](OC)[C@H](O)C3N=[N+]=[N-])[C@H](C)C2O)[C@H](C)C1N=[N+]=[N-]. The van der Waals surface area contributed by atoms with Gasteiger partial charge in [-0.05, 0) is 17.0 Å². The van der Waals surface area contributed by atoms with E-state index in [1.54, 1.807) is 6.92 Å². The summed E-state index contributed by atoms with van der Waals surface area (Å²) in [5, 5.41) is 48.8. The topological polar surface area (TPSA) is 269 Å². The van der Waals surface area contributed by atoms with Crippen LogP contribution in [0, 0.1) is 11.8 Å². The molecule has 0 bridgehead atoms. The Hall–Kier alpha value is -2.35. The van der Waals surface area contributed by atoms with Crippen LogP contribution in [0.5, 0.6) is 0 Å². The van der Waals surface area contributed by atoms with Crippen LogP contribution in [0.25, 0.3) is 20.9 Å². The van der Waals surface area contributed by atoms with Gasteiger partial charge in [0.25, 0.3) is 6.47 Å². The Morgan fingerprint density at radius 2 is 1.34 bits per heavy atom. The lowest BCUT2D eigenvalue weighted by Crippen LogP contribution is -2.63. The zero-order chi connectivity index (χ0) is 30.3. The summed E-state index contributed by atoms with van der Waals surface area (Å²) in [5.41, 5.74) is 18.0. The van der Waals surface area contributed by atoms with Crippen molar-refractivity contribution < 1.29 is 63.1 Å². The molecule has 19 heteroatoms. The molecular weight excluding hydrogens is 556 g/mol. The molecule has 0 aromatic rings. The first-order valence-electron chi connectivity index (χ1n) is 12.8. The molecule has 3 aliphatic rings. The minimum Gasteiger partial charge on any atom is -0.435 e. The zero-order valence-corrected chi connectivity index (χ0v) is 22.8. The Kier molecular flexibility index (Phi) is 12.3. The first kappa shape index (κ1) is 33.2. The molecule has 4 N–H and O–H groups in total. The maximum Gasteiger partial charge on any atom is 0.295 e. The molecule has 0 aromatic carbocycles. The molecule has 0 saturated carbocycles. The van der Waals surface area contributed by atoms with Gasteiger partial charge in [0.2, 0.25) is 6.29 Å². The van der Waals surface area contributed by atoms with Crippen molar-refractivity contribution in [1.82, 2.24) is 0 Å². The normalized spacial score (nSPS) is 44.7. The van der Waals surface area contributed by atoms with Crippen LogP contribution in [0.15, 0.2) is 10.2 Å². The fourth-order valence-corrected chi connectivity index (χ4v) is 5.28. The van der Waals surface area contributed by atoms with Crippen LogP contribution >= 0.6 is 0 Å². The lowest BCUT2D eigenvalue weighted by molar-refractivity contribution is -0.381. The van der Waals surface area contributed by atoms with Crippen molar-refractivity contribution in [2.24, 2.45) is 22.1 Å². The fraction of sp³-hybridized carbons (Fsp3) is 0.955. The zero-order valence-electron chi connectivity index (χ0n) is 22.8. The monoisotopic (exact) mass is 592 g/mol. The average Bonchev–Trinajstić information content (AvgIpc) is 2.97. The van der Waals surface area contributed by atoms with Crippen LogP contribution in [0.2, 0.25) is 0 Å². The summed E-state index contributed by atoms with van der Waals surface area (Å²) in [5.74, 6) is -1.48. The lowest BCUT2D eigenvalue weighted by Gasteiger charge is -2.48. The number of carbonyl (C=O) groups is 1. The number of azide groups is 2. The molecule has 41 heavy (non-hydrogen) atoms. The number of carbonyl (C=O) groups excluding carboxylic acids is 1. The Morgan fingerprint density at radius 1 is 0.756 bits per heavy atom. The van der Waals surface area contributed by atoms with Crippen LogP contribution in [0.4, 0.5) is 0 Å². The van der Waals surface area contributed by atoms with Crippen LogP contribution in [-0.2, 0) is 42.7 Å². The van der Waals surface area contributed by atoms with E-state index in [1.807, 2.05) is 0 Å². The van der Waals surface area contributed by atoms with Gasteiger partial charge in [0.1, 0.15) is 36.6 Å². The summed E-state index contributed by atoms with van der Waals surface area (Å²) >= 11 is 0. The van der Waals surface area contributed by atoms with Gasteiger partial charge >= 0.3 is 0 Å². The number of ether oxygens (including phenoxy) is 8. The molecule has 3 rings (SSSR count). The Labute approximate surface area is 234 Å². The van der Waals surface area contributed by atoms with Crippen molar-refractivity contribution in [3.63, 3.8) is 0 Å². The van der Waals surface area contributed by atoms with Gasteiger partial charge in [-0.2, -0.15) is 0 Å². The predicted molar refractivity (Wildman–Crippen MR) is 131 cm³/mol. The van der Waals surface area contributed by atoms with E-state index in [2.05, 4.69) is 20.1 Å². The van der Waals surface area contributed by atoms with Crippen molar-refractivity contribution >= 4 is 6.47 Å². The van der Waals surface area contributed by atoms with E-state index in [-0.39, 0.29) is 6.47 Å². The maximum atomic E-state index is 11.4. The summed E-state index contributed by atoms with van der Waals surface area (Å²) in [7, 11) is 2.63. The molecule has 15 atom stereocenters. The Morgan fingerprint density at radius 3 is 1.90 bits per heavy atom. The van der Waals surface area contributed by atoms with Gasteiger partial charge in [0.15, 0.2) is 18.9 Å². The Balaban J connectivity index is 1.83. The van der Waals surface area contributed by atoms with Gasteiger partial charge in [0, 0.05) is 30.0 Å². The van der Waals surface area contributed by atoms with Crippen LogP contribution in [0.1, 0.15) is 13.8 Å². The highest BCUT2D eigenvalue weighted by molar-refractivity contribution is 5.37. The molecule has 3 saturated heterocycles. The number of nitrogens with zero attached hydrogens (tertiary/aromatic N) is 6. The standard InChI is InChI=1S/C22H36N6O13/c1-8-12(25-27-23)19(35-4)37-10(5-29)16(8)39-21-14(32)9(2)17(22(41-21)36-7-31)40-20-13(26-28-24)15(33)18(34-3)11(6-30)38-20/h7-22,29-30,32-33H,5-6H2,1-4H3/t8-,9-,10?,11?,12?,13?,14?,15-,16+,17+,18-,19+,20-,21-,22?/m1/s1. The van der Waals surface area contributed by atoms with Gasteiger partial charge in [-0.25, -0.2) is 0 Å². The summed E-state index contributed by atoms with van der Waals surface area (Å²) in [6, 6.07) is -2.20. The van der Waals surface area contributed by atoms with Crippen molar-refractivity contribution in [3.05, 3.63) is 20.9 Å². The predicted octanol–water partition coefficient (Wildman–Crippen LogP) is -0.940. The fourth-order valence-electron chi connectivity index (χ4n) is 5.28. The first-order valence-corrected chi connectivity index (χ1v) is 12.8. The van der Waals surface area contributed by atoms with Crippen LogP contribution in [0.3, 0.4) is 0 Å². The molecule has 3 aliphatic heterocycles. The van der Waals surface area contributed by atoms with Gasteiger partial charge in [-0.15, -0.1) is 0 Å². The van der Waals surface area contributed by atoms with Gasteiger partial charge in [-0.1, -0.05) is 24.1 Å². The number of rotatable bonds is 12. The van der Waals surface area contributed by atoms with E-state index in [0.29, 0.717) is 0 Å². The van der Waals surface area contributed by atoms with Crippen LogP contribution in [-0.4, -0.2) is 134 Å². The third-order valence-corrected chi connectivity index (χ3v) is 7.53. The summed E-state index contributed by atoms with van der Waals surface area (Å²) in [6.45, 7) is 2.22. The summed E-state index contributed by atoms with van der Waals surface area (Å²) in [6.07, 6.45) is -13.5.